The Morgan fingerprint density at radius 2 is 1.85 bits per heavy atom. The van der Waals surface area contributed by atoms with Gasteiger partial charge in [0.05, 0.1) is 10.6 Å². The number of aromatic carboxylic acids is 1. The van der Waals surface area contributed by atoms with Crippen molar-refractivity contribution in [3.63, 3.8) is 0 Å². The molecule has 2 aromatic rings. The molecule has 1 heterocycles. The van der Waals surface area contributed by atoms with E-state index < -0.39 is 16.0 Å². The van der Waals surface area contributed by atoms with E-state index in [1.807, 2.05) is 0 Å². The number of hydrogen-bond acceptors (Lipinski definition) is 4. The molecule has 0 atom stereocenters. The van der Waals surface area contributed by atoms with E-state index in [1.54, 1.807) is 17.5 Å². The van der Waals surface area contributed by atoms with Crippen LogP contribution in [0.3, 0.4) is 0 Å². The number of benzene rings is 1. The van der Waals surface area contributed by atoms with Gasteiger partial charge in [-0.3, -0.25) is 4.31 Å². The van der Waals surface area contributed by atoms with Crippen LogP contribution >= 0.6 is 27.3 Å². The number of carboxylic acids is 1. The standard InChI is InChI=1S/C12H10BrNO4S2/c1-14(10-6-7-19-11(10)12(15)16)20(17,18)9-4-2-8(13)3-5-9/h2-7H,1H3,(H,15,16). The lowest BCUT2D eigenvalue weighted by Crippen LogP contribution is -2.27. The number of carbonyl (C=O) groups is 1. The van der Waals surface area contributed by atoms with Gasteiger partial charge in [0.15, 0.2) is 0 Å². The Hall–Kier alpha value is -1.38. The SMILES string of the molecule is CN(c1ccsc1C(=O)O)S(=O)(=O)c1ccc(Br)cc1. The van der Waals surface area contributed by atoms with Crippen LogP contribution in [0.2, 0.25) is 0 Å². The minimum Gasteiger partial charge on any atom is -0.477 e. The fourth-order valence-electron chi connectivity index (χ4n) is 1.60. The van der Waals surface area contributed by atoms with E-state index in [0.717, 1.165) is 20.1 Å². The van der Waals surface area contributed by atoms with Crippen LogP contribution in [0.15, 0.2) is 45.1 Å². The van der Waals surface area contributed by atoms with Gasteiger partial charge in [0.2, 0.25) is 0 Å². The first-order chi connectivity index (χ1) is 9.34. The van der Waals surface area contributed by atoms with Gasteiger partial charge in [-0.15, -0.1) is 11.3 Å². The van der Waals surface area contributed by atoms with Crippen molar-refractivity contribution in [1.82, 2.24) is 0 Å². The van der Waals surface area contributed by atoms with Gasteiger partial charge in [-0.25, -0.2) is 13.2 Å². The summed E-state index contributed by atoms with van der Waals surface area (Å²) in [6.07, 6.45) is 0. The molecule has 0 fully saturated rings. The number of rotatable bonds is 4. The first-order valence-electron chi connectivity index (χ1n) is 5.39. The molecule has 0 aliphatic rings. The number of sulfonamides is 1. The monoisotopic (exact) mass is 375 g/mol. The molecule has 0 saturated carbocycles. The number of carboxylic acid groups (broad SMARTS) is 1. The van der Waals surface area contributed by atoms with Crippen molar-refractivity contribution >= 4 is 48.9 Å². The normalized spacial score (nSPS) is 11.3. The summed E-state index contributed by atoms with van der Waals surface area (Å²) in [6.45, 7) is 0. The minimum atomic E-state index is -3.78. The molecule has 0 unspecified atom stereocenters. The van der Waals surface area contributed by atoms with Crippen LogP contribution in [-0.2, 0) is 10.0 Å². The maximum atomic E-state index is 12.4. The fourth-order valence-corrected chi connectivity index (χ4v) is 3.89. The van der Waals surface area contributed by atoms with Crippen LogP contribution < -0.4 is 4.31 Å². The molecule has 106 valence electrons. The molecular weight excluding hydrogens is 366 g/mol. The molecule has 5 nitrogen and oxygen atoms in total. The van der Waals surface area contributed by atoms with Gasteiger partial charge in [-0.2, -0.15) is 0 Å². The second-order valence-corrected chi connectivity index (χ2v) is 7.67. The molecule has 1 N–H and O–H groups in total. The van der Waals surface area contributed by atoms with Crippen molar-refractivity contribution in [2.75, 3.05) is 11.4 Å². The number of anilines is 1. The average molecular weight is 376 g/mol. The second-order valence-electron chi connectivity index (χ2n) is 3.87. The fraction of sp³-hybridized carbons (Fsp3) is 0.0833. The lowest BCUT2D eigenvalue weighted by Gasteiger charge is -2.19. The van der Waals surface area contributed by atoms with E-state index in [2.05, 4.69) is 15.9 Å². The summed E-state index contributed by atoms with van der Waals surface area (Å²) in [5.41, 5.74) is 0.158. The lowest BCUT2D eigenvalue weighted by atomic mass is 10.4. The van der Waals surface area contributed by atoms with E-state index >= 15 is 0 Å². The smallest absolute Gasteiger partial charge is 0.348 e. The zero-order valence-electron chi connectivity index (χ0n) is 10.3. The van der Waals surface area contributed by atoms with Gasteiger partial charge < -0.3 is 5.11 Å². The Labute approximate surface area is 128 Å². The van der Waals surface area contributed by atoms with Crippen LogP contribution in [0.4, 0.5) is 5.69 Å². The van der Waals surface area contributed by atoms with Crippen LogP contribution in [0.5, 0.6) is 0 Å². The third-order valence-electron chi connectivity index (χ3n) is 2.65. The number of hydrogen-bond donors (Lipinski definition) is 1. The first-order valence-corrected chi connectivity index (χ1v) is 8.50. The van der Waals surface area contributed by atoms with Crippen molar-refractivity contribution in [3.8, 4) is 0 Å². The molecule has 0 amide bonds. The highest BCUT2D eigenvalue weighted by Gasteiger charge is 2.25. The highest BCUT2D eigenvalue weighted by atomic mass is 79.9. The van der Waals surface area contributed by atoms with Gasteiger partial charge >= 0.3 is 5.97 Å². The van der Waals surface area contributed by atoms with Gasteiger partial charge in [0.25, 0.3) is 10.0 Å². The molecule has 0 saturated heterocycles. The topological polar surface area (TPSA) is 74.7 Å². The van der Waals surface area contributed by atoms with Crippen molar-refractivity contribution in [2.24, 2.45) is 0 Å². The summed E-state index contributed by atoms with van der Waals surface area (Å²) in [4.78, 5) is 11.2. The van der Waals surface area contributed by atoms with Crippen molar-refractivity contribution in [1.29, 1.82) is 0 Å². The van der Waals surface area contributed by atoms with E-state index in [4.69, 9.17) is 5.11 Å². The summed E-state index contributed by atoms with van der Waals surface area (Å²) in [7, 11) is -2.44. The van der Waals surface area contributed by atoms with Gasteiger partial charge in [0, 0.05) is 11.5 Å². The third-order valence-corrected chi connectivity index (χ3v) is 5.86. The first kappa shape index (κ1) is 15.0. The highest BCUT2D eigenvalue weighted by molar-refractivity contribution is 9.10. The predicted octanol–water partition coefficient (Wildman–Crippen LogP) is 3.03. The predicted molar refractivity (Wildman–Crippen MR) is 81.0 cm³/mol. The molecule has 0 aliphatic carbocycles. The number of nitrogens with zero attached hydrogens (tertiary/aromatic N) is 1. The van der Waals surface area contributed by atoms with Gasteiger partial charge in [-0.1, -0.05) is 15.9 Å². The van der Waals surface area contributed by atoms with Crippen molar-refractivity contribution in [3.05, 3.63) is 45.1 Å². The highest BCUT2D eigenvalue weighted by Crippen LogP contribution is 2.30. The third kappa shape index (κ3) is 2.72. The Morgan fingerprint density at radius 1 is 1.25 bits per heavy atom. The molecule has 20 heavy (non-hydrogen) atoms. The molecule has 0 aliphatic heterocycles. The van der Waals surface area contributed by atoms with Gasteiger partial charge in [-0.05, 0) is 35.7 Å². The Morgan fingerprint density at radius 3 is 2.40 bits per heavy atom. The molecule has 8 heteroatoms. The Kier molecular flexibility index (Phi) is 4.17. The zero-order valence-corrected chi connectivity index (χ0v) is 13.5. The van der Waals surface area contributed by atoms with Crippen molar-refractivity contribution in [2.45, 2.75) is 4.90 Å². The largest absolute Gasteiger partial charge is 0.477 e. The van der Waals surface area contributed by atoms with E-state index in [9.17, 15) is 13.2 Å². The molecule has 1 aromatic heterocycles. The molecule has 0 radical (unpaired) electrons. The summed E-state index contributed by atoms with van der Waals surface area (Å²) in [5, 5.41) is 10.6. The maximum Gasteiger partial charge on any atom is 0.348 e. The lowest BCUT2D eigenvalue weighted by molar-refractivity contribution is 0.0703. The number of halogens is 1. The molecular formula is C12H10BrNO4S2. The summed E-state index contributed by atoms with van der Waals surface area (Å²) < 4.78 is 26.6. The van der Waals surface area contributed by atoms with Crippen LogP contribution in [-0.4, -0.2) is 26.5 Å². The van der Waals surface area contributed by atoms with E-state index in [0.29, 0.717) is 0 Å². The number of thiophene rings is 1. The summed E-state index contributed by atoms with van der Waals surface area (Å²) in [6, 6.07) is 7.63. The Balaban J connectivity index is 2.46. The molecule has 2 rings (SSSR count). The average Bonchev–Trinajstić information content (AvgIpc) is 2.87. The second kappa shape index (κ2) is 5.55. The van der Waals surface area contributed by atoms with Crippen LogP contribution in [0.1, 0.15) is 9.67 Å². The van der Waals surface area contributed by atoms with Crippen LogP contribution in [0.25, 0.3) is 0 Å². The van der Waals surface area contributed by atoms with Gasteiger partial charge in [0.1, 0.15) is 4.88 Å². The quantitative estimate of drug-likeness (QED) is 0.890. The molecule has 1 aromatic carbocycles. The summed E-state index contributed by atoms with van der Waals surface area (Å²) >= 11 is 4.22. The maximum absolute atomic E-state index is 12.4. The minimum absolute atomic E-state index is 0.00631. The Bertz CT molecular complexity index is 737. The van der Waals surface area contributed by atoms with Crippen LogP contribution in [0, 0.1) is 0 Å². The zero-order chi connectivity index (χ0) is 14.9. The molecule has 0 bridgehead atoms. The molecule has 0 spiro atoms. The van der Waals surface area contributed by atoms with E-state index in [1.165, 1.54) is 25.2 Å². The van der Waals surface area contributed by atoms with E-state index in [-0.39, 0.29) is 15.5 Å². The van der Waals surface area contributed by atoms with Crippen molar-refractivity contribution < 1.29 is 18.3 Å². The summed E-state index contributed by atoms with van der Waals surface area (Å²) in [5.74, 6) is -1.15.